The maximum atomic E-state index is 12.4. The number of carbonyl (C=O) groups is 2. The fourth-order valence-electron chi connectivity index (χ4n) is 2.79. The number of hydrogen-bond acceptors (Lipinski definition) is 3. The minimum atomic E-state index is -0.929. The van der Waals surface area contributed by atoms with Crippen molar-refractivity contribution < 1.29 is 19.4 Å². The number of benzene rings is 1. The summed E-state index contributed by atoms with van der Waals surface area (Å²) in [7, 11) is 0. The van der Waals surface area contributed by atoms with Crippen molar-refractivity contribution in [1.29, 1.82) is 0 Å². The summed E-state index contributed by atoms with van der Waals surface area (Å²) in [5, 5.41) is 9.11. The van der Waals surface area contributed by atoms with Crippen LogP contribution in [0.4, 0.5) is 0 Å². The first-order valence-corrected chi connectivity index (χ1v) is 6.44. The predicted molar refractivity (Wildman–Crippen MR) is 66.9 cm³/mol. The molecule has 0 aromatic heterocycles. The third-order valence-corrected chi connectivity index (χ3v) is 3.74. The number of likely N-dealkylation sites (tertiary alicyclic amines) is 1. The Kier molecular flexibility index (Phi) is 2.89. The van der Waals surface area contributed by atoms with Crippen molar-refractivity contribution in [3.63, 3.8) is 0 Å². The average Bonchev–Trinajstić information content (AvgIpc) is 3.04. The maximum Gasteiger partial charge on any atom is 0.326 e. The van der Waals surface area contributed by atoms with Gasteiger partial charge in [-0.15, -0.1) is 0 Å². The molecule has 0 aliphatic carbocycles. The van der Waals surface area contributed by atoms with Crippen LogP contribution in [0.15, 0.2) is 24.3 Å². The van der Waals surface area contributed by atoms with Gasteiger partial charge in [-0.1, -0.05) is 18.2 Å². The second-order valence-corrected chi connectivity index (χ2v) is 4.95. The zero-order valence-electron chi connectivity index (χ0n) is 10.4. The van der Waals surface area contributed by atoms with Crippen molar-refractivity contribution >= 4 is 11.9 Å². The molecule has 5 nitrogen and oxygen atoms in total. The molecule has 2 heterocycles. The van der Waals surface area contributed by atoms with Crippen molar-refractivity contribution in [2.45, 2.75) is 31.4 Å². The van der Waals surface area contributed by atoms with Crippen molar-refractivity contribution in [3.05, 3.63) is 29.8 Å². The fourth-order valence-corrected chi connectivity index (χ4v) is 2.79. The number of ether oxygens (including phenoxy) is 1. The standard InChI is InChI=1S/C14H15NO4/c16-13(15-7-3-5-10(15)14(17)18)12-8-9-4-1-2-6-11(9)19-12/h1-2,4,6,10,12H,3,5,7-8H2,(H,17,18). The first kappa shape index (κ1) is 12.0. The first-order valence-electron chi connectivity index (χ1n) is 6.44. The van der Waals surface area contributed by atoms with Gasteiger partial charge in [0.15, 0.2) is 6.10 Å². The number of nitrogens with zero attached hydrogens (tertiary/aromatic N) is 1. The number of aliphatic carboxylic acids is 1. The van der Waals surface area contributed by atoms with E-state index in [0.717, 1.165) is 17.7 Å². The molecule has 1 saturated heterocycles. The summed E-state index contributed by atoms with van der Waals surface area (Å²) < 4.78 is 5.63. The number of rotatable bonds is 2. The lowest BCUT2D eigenvalue weighted by molar-refractivity contribution is -0.150. The highest BCUT2D eigenvalue weighted by molar-refractivity contribution is 5.88. The Morgan fingerprint density at radius 2 is 2.11 bits per heavy atom. The largest absolute Gasteiger partial charge is 0.480 e. The molecule has 19 heavy (non-hydrogen) atoms. The summed E-state index contributed by atoms with van der Waals surface area (Å²) in [4.78, 5) is 24.9. The molecular weight excluding hydrogens is 246 g/mol. The van der Waals surface area contributed by atoms with Gasteiger partial charge in [0.05, 0.1) is 0 Å². The zero-order valence-corrected chi connectivity index (χ0v) is 10.4. The molecule has 1 N–H and O–H groups in total. The van der Waals surface area contributed by atoms with Crippen molar-refractivity contribution in [2.75, 3.05) is 6.54 Å². The average molecular weight is 261 g/mol. The van der Waals surface area contributed by atoms with Crippen LogP contribution in [-0.2, 0) is 16.0 Å². The van der Waals surface area contributed by atoms with E-state index in [1.165, 1.54) is 4.90 Å². The normalized spacial score (nSPS) is 24.9. The van der Waals surface area contributed by atoms with Crippen LogP contribution in [0.2, 0.25) is 0 Å². The quantitative estimate of drug-likeness (QED) is 0.864. The second kappa shape index (κ2) is 4.57. The molecule has 1 amide bonds. The molecule has 3 rings (SSSR count). The molecule has 2 aliphatic rings. The molecule has 2 unspecified atom stereocenters. The van der Waals surface area contributed by atoms with E-state index in [9.17, 15) is 9.59 Å². The van der Waals surface area contributed by atoms with Crippen LogP contribution in [-0.4, -0.2) is 40.6 Å². The third-order valence-electron chi connectivity index (χ3n) is 3.74. The number of fused-ring (bicyclic) bond motifs is 1. The van der Waals surface area contributed by atoms with E-state index in [1.54, 1.807) is 0 Å². The minimum Gasteiger partial charge on any atom is -0.480 e. The third kappa shape index (κ3) is 2.05. The van der Waals surface area contributed by atoms with Gasteiger partial charge < -0.3 is 14.7 Å². The van der Waals surface area contributed by atoms with Crippen LogP contribution in [0.1, 0.15) is 18.4 Å². The molecule has 1 aromatic rings. The van der Waals surface area contributed by atoms with Gasteiger partial charge >= 0.3 is 5.97 Å². The zero-order chi connectivity index (χ0) is 13.4. The second-order valence-electron chi connectivity index (χ2n) is 4.95. The molecular formula is C14H15NO4. The summed E-state index contributed by atoms with van der Waals surface area (Å²) >= 11 is 0. The molecule has 100 valence electrons. The van der Waals surface area contributed by atoms with Gasteiger partial charge in [-0.3, -0.25) is 4.79 Å². The summed E-state index contributed by atoms with van der Waals surface area (Å²) in [6, 6.07) is 6.84. The summed E-state index contributed by atoms with van der Waals surface area (Å²) in [5.74, 6) is -0.408. The van der Waals surface area contributed by atoms with Gasteiger partial charge in [-0.05, 0) is 24.5 Å². The Morgan fingerprint density at radius 1 is 1.32 bits per heavy atom. The van der Waals surface area contributed by atoms with E-state index < -0.39 is 18.1 Å². The lowest BCUT2D eigenvalue weighted by Gasteiger charge is -2.24. The predicted octanol–water partition coefficient (Wildman–Crippen LogP) is 1.07. The van der Waals surface area contributed by atoms with Gasteiger partial charge in [-0.2, -0.15) is 0 Å². The van der Waals surface area contributed by atoms with E-state index in [0.29, 0.717) is 19.4 Å². The Labute approximate surface area is 110 Å². The van der Waals surface area contributed by atoms with Crippen LogP contribution < -0.4 is 4.74 Å². The summed E-state index contributed by atoms with van der Waals surface area (Å²) in [6.45, 7) is 0.506. The number of carboxylic acids is 1. The Bertz CT molecular complexity index is 503. The van der Waals surface area contributed by atoms with Gasteiger partial charge in [0.2, 0.25) is 0 Å². The van der Waals surface area contributed by atoms with Crippen molar-refractivity contribution in [1.82, 2.24) is 4.90 Å². The Morgan fingerprint density at radius 3 is 2.84 bits per heavy atom. The Balaban J connectivity index is 1.74. The lowest BCUT2D eigenvalue weighted by atomic mass is 10.1. The number of carboxylic acid groups (broad SMARTS) is 1. The molecule has 1 fully saturated rings. The maximum absolute atomic E-state index is 12.4. The molecule has 2 aliphatic heterocycles. The highest BCUT2D eigenvalue weighted by Gasteiger charge is 2.39. The Hall–Kier alpha value is -2.04. The minimum absolute atomic E-state index is 0.207. The molecule has 5 heteroatoms. The van der Waals surface area contributed by atoms with Crippen LogP contribution in [0.25, 0.3) is 0 Å². The number of hydrogen-bond donors (Lipinski definition) is 1. The van der Waals surface area contributed by atoms with Crippen LogP contribution in [0.3, 0.4) is 0 Å². The highest BCUT2D eigenvalue weighted by Crippen LogP contribution is 2.30. The van der Waals surface area contributed by atoms with Crippen molar-refractivity contribution in [2.24, 2.45) is 0 Å². The number of carbonyl (C=O) groups excluding carboxylic acids is 1. The number of para-hydroxylation sites is 1. The van der Waals surface area contributed by atoms with Crippen LogP contribution in [0, 0.1) is 0 Å². The summed E-state index contributed by atoms with van der Waals surface area (Å²) in [6.07, 6.45) is 1.22. The van der Waals surface area contributed by atoms with E-state index in [4.69, 9.17) is 9.84 Å². The molecule has 0 radical (unpaired) electrons. The molecule has 0 bridgehead atoms. The lowest BCUT2D eigenvalue weighted by Crippen LogP contribution is -2.46. The first-order chi connectivity index (χ1) is 9.16. The van der Waals surface area contributed by atoms with Crippen molar-refractivity contribution in [3.8, 4) is 5.75 Å². The van der Waals surface area contributed by atoms with Gasteiger partial charge in [0.1, 0.15) is 11.8 Å². The SMILES string of the molecule is O=C(O)C1CCCN1C(=O)C1Cc2ccccc2O1. The summed E-state index contributed by atoms with van der Waals surface area (Å²) in [5.41, 5.74) is 1.01. The van der Waals surface area contributed by atoms with E-state index in [1.807, 2.05) is 24.3 Å². The van der Waals surface area contributed by atoms with Crippen LogP contribution in [0.5, 0.6) is 5.75 Å². The monoisotopic (exact) mass is 261 g/mol. The van der Waals surface area contributed by atoms with Crippen LogP contribution >= 0.6 is 0 Å². The highest BCUT2D eigenvalue weighted by atomic mass is 16.5. The molecule has 0 saturated carbocycles. The van der Waals surface area contributed by atoms with E-state index in [-0.39, 0.29) is 5.91 Å². The fraction of sp³-hybridized carbons (Fsp3) is 0.429. The van der Waals surface area contributed by atoms with E-state index in [2.05, 4.69) is 0 Å². The molecule has 1 aromatic carbocycles. The number of amides is 1. The molecule has 2 atom stereocenters. The smallest absolute Gasteiger partial charge is 0.326 e. The van der Waals surface area contributed by atoms with Gasteiger partial charge in [0, 0.05) is 13.0 Å². The van der Waals surface area contributed by atoms with E-state index >= 15 is 0 Å². The van der Waals surface area contributed by atoms with Gasteiger partial charge in [-0.25, -0.2) is 4.79 Å². The van der Waals surface area contributed by atoms with Gasteiger partial charge in [0.25, 0.3) is 5.91 Å². The molecule has 0 spiro atoms. The topological polar surface area (TPSA) is 66.8 Å².